The molecule has 0 saturated heterocycles. The van der Waals surface area contributed by atoms with E-state index in [1.165, 1.54) is 0 Å². The van der Waals surface area contributed by atoms with Crippen LogP contribution in [0.15, 0.2) is 18.2 Å². The molecule has 0 unspecified atom stereocenters. The summed E-state index contributed by atoms with van der Waals surface area (Å²) in [6, 6.07) is 4.95. The Hall–Kier alpha value is -1.80. The predicted octanol–water partition coefficient (Wildman–Crippen LogP) is -0.0446. The molecule has 0 bridgehead atoms. The average molecular weight is 313 g/mol. The predicted molar refractivity (Wildman–Crippen MR) is 73.1 cm³/mol. The molecule has 1 aliphatic carbocycles. The number of aliphatic carboxylic acids is 1. The van der Waals surface area contributed by atoms with Crippen molar-refractivity contribution in [2.75, 3.05) is 19.6 Å². The normalized spacial score (nSPS) is 30.2. The molecule has 1 heterocycles. The molecule has 2 aliphatic rings. The van der Waals surface area contributed by atoms with Crippen LogP contribution in [0.2, 0.25) is 0 Å². The number of hydrogen-bond acceptors (Lipinski definition) is 6. The summed E-state index contributed by atoms with van der Waals surface area (Å²) in [7, 11) is -3.54. The smallest absolute Gasteiger partial charge is 0.312 e. The molecule has 1 aliphatic heterocycles. The minimum Gasteiger partial charge on any atom is -0.481 e. The third-order valence-electron chi connectivity index (χ3n) is 4.21. The summed E-state index contributed by atoms with van der Waals surface area (Å²) < 4.78 is 34.3. The second kappa shape index (κ2) is 4.35. The fourth-order valence-electron chi connectivity index (χ4n) is 3.20. The van der Waals surface area contributed by atoms with Crippen molar-refractivity contribution in [2.24, 2.45) is 11.1 Å². The maximum Gasteiger partial charge on any atom is 0.312 e. The van der Waals surface area contributed by atoms with Crippen LogP contribution in [-0.4, -0.2) is 44.3 Å². The van der Waals surface area contributed by atoms with Gasteiger partial charge in [-0.05, 0) is 17.7 Å². The van der Waals surface area contributed by atoms with Gasteiger partial charge in [-0.15, -0.1) is 0 Å². The van der Waals surface area contributed by atoms with Gasteiger partial charge in [-0.25, -0.2) is 8.42 Å². The summed E-state index contributed by atoms with van der Waals surface area (Å²) in [5, 5.41) is 8.44. The number of carboxylic acid groups (broad SMARTS) is 1. The van der Waals surface area contributed by atoms with Crippen LogP contribution in [0.5, 0.6) is 11.5 Å². The van der Waals surface area contributed by atoms with Crippen LogP contribution in [0.3, 0.4) is 0 Å². The largest absolute Gasteiger partial charge is 0.481 e. The maximum atomic E-state index is 11.9. The highest BCUT2D eigenvalue weighted by molar-refractivity contribution is 7.91. The Labute approximate surface area is 121 Å². The number of fused-ring (bicyclic) bond motifs is 1. The van der Waals surface area contributed by atoms with Crippen LogP contribution in [0, 0.1) is 5.41 Å². The van der Waals surface area contributed by atoms with E-state index in [2.05, 4.69) is 0 Å². The van der Waals surface area contributed by atoms with Gasteiger partial charge in [-0.1, -0.05) is 6.07 Å². The van der Waals surface area contributed by atoms with E-state index in [9.17, 15) is 18.3 Å². The highest BCUT2D eigenvalue weighted by Gasteiger charge is 2.74. The molecule has 1 aromatic carbocycles. The number of ether oxygens (including phenoxy) is 2. The number of carbonyl (C=O) groups is 1. The van der Waals surface area contributed by atoms with Gasteiger partial charge in [-0.2, -0.15) is 0 Å². The molecule has 0 spiro atoms. The van der Waals surface area contributed by atoms with Gasteiger partial charge in [0.1, 0.15) is 5.41 Å². The van der Waals surface area contributed by atoms with Gasteiger partial charge in [0.05, 0.1) is 5.25 Å². The third-order valence-corrected chi connectivity index (χ3v) is 5.82. The van der Waals surface area contributed by atoms with E-state index in [4.69, 9.17) is 15.2 Å². The molecule has 114 valence electrons. The van der Waals surface area contributed by atoms with Gasteiger partial charge < -0.3 is 20.3 Å². The van der Waals surface area contributed by atoms with Gasteiger partial charge in [0.25, 0.3) is 0 Å². The first-order valence-corrected chi connectivity index (χ1v) is 8.29. The standard InChI is InChI=1S/C13H15NO6S/c1-21(17,18)11-10(13(11,5-14)12(15)16)7-2-3-8-9(4-7)20-6-19-8/h2-4,10-11H,5-6,14H2,1H3,(H,15,16)/t10-,11-,13-/m1/s1. The molecule has 0 amide bonds. The van der Waals surface area contributed by atoms with Crippen molar-refractivity contribution in [3.05, 3.63) is 23.8 Å². The van der Waals surface area contributed by atoms with Crippen LogP contribution in [-0.2, 0) is 14.6 Å². The minimum absolute atomic E-state index is 0.0971. The van der Waals surface area contributed by atoms with E-state index in [0.717, 1.165) is 6.26 Å². The zero-order valence-electron chi connectivity index (χ0n) is 11.3. The Morgan fingerprint density at radius 3 is 2.62 bits per heavy atom. The molecule has 3 atom stereocenters. The van der Waals surface area contributed by atoms with Crippen LogP contribution in [0.1, 0.15) is 11.5 Å². The lowest BCUT2D eigenvalue weighted by molar-refractivity contribution is -0.143. The third kappa shape index (κ3) is 1.90. The molecule has 1 aromatic rings. The second-order valence-corrected chi connectivity index (χ2v) is 7.56. The van der Waals surface area contributed by atoms with Gasteiger partial charge in [0.2, 0.25) is 6.79 Å². The summed E-state index contributed by atoms with van der Waals surface area (Å²) in [5.41, 5.74) is 4.71. The van der Waals surface area contributed by atoms with E-state index >= 15 is 0 Å². The Balaban J connectivity index is 2.06. The maximum absolute atomic E-state index is 11.9. The minimum atomic E-state index is -3.54. The molecule has 1 fully saturated rings. The summed E-state index contributed by atoms with van der Waals surface area (Å²) >= 11 is 0. The highest BCUT2D eigenvalue weighted by Crippen LogP contribution is 2.63. The van der Waals surface area contributed by atoms with Crippen molar-refractivity contribution in [3.8, 4) is 11.5 Å². The topological polar surface area (TPSA) is 116 Å². The van der Waals surface area contributed by atoms with Crippen LogP contribution in [0.4, 0.5) is 0 Å². The number of nitrogens with two attached hydrogens (primary N) is 1. The molecule has 21 heavy (non-hydrogen) atoms. The van der Waals surface area contributed by atoms with Crippen molar-refractivity contribution < 1.29 is 27.8 Å². The highest BCUT2D eigenvalue weighted by atomic mass is 32.2. The zero-order valence-corrected chi connectivity index (χ0v) is 12.1. The number of sulfone groups is 1. The number of benzene rings is 1. The lowest BCUT2D eigenvalue weighted by atomic mass is 9.99. The lowest BCUT2D eigenvalue weighted by Gasteiger charge is -2.09. The summed E-state index contributed by atoms with van der Waals surface area (Å²) in [6.45, 7) is -0.140. The molecule has 3 N–H and O–H groups in total. The van der Waals surface area contributed by atoms with Crippen molar-refractivity contribution in [2.45, 2.75) is 11.2 Å². The van der Waals surface area contributed by atoms with Crippen LogP contribution < -0.4 is 15.2 Å². The quantitative estimate of drug-likeness (QED) is 0.801. The SMILES string of the molecule is CS(=O)(=O)[C@@H]1[C@@H](c2ccc3c(c2)OCO3)[C@@]1(CN)C(=O)O. The second-order valence-electron chi connectivity index (χ2n) is 5.39. The molecule has 3 rings (SSSR count). The van der Waals surface area contributed by atoms with E-state index in [1.54, 1.807) is 18.2 Å². The first-order valence-electron chi connectivity index (χ1n) is 6.34. The van der Waals surface area contributed by atoms with Crippen molar-refractivity contribution >= 4 is 15.8 Å². The summed E-state index contributed by atoms with van der Waals surface area (Å²) in [6.07, 6.45) is 1.04. The molecule has 8 heteroatoms. The Morgan fingerprint density at radius 1 is 1.43 bits per heavy atom. The summed E-state index contributed by atoms with van der Waals surface area (Å²) in [4.78, 5) is 11.6. The molecule has 7 nitrogen and oxygen atoms in total. The van der Waals surface area contributed by atoms with E-state index in [0.29, 0.717) is 17.1 Å². The Kier molecular flexibility index (Phi) is 2.93. The molecule has 1 saturated carbocycles. The van der Waals surface area contributed by atoms with Crippen LogP contribution >= 0.6 is 0 Å². The van der Waals surface area contributed by atoms with Crippen molar-refractivity contribution in [1.82, 2.24) is 0 Å². The molecular weight excluding hydrogens is 298 g/mol. The Bertz CT molecular complexity index is 715. The monoisotopic (exact) mass is 313 g/mol. The first-order chi connectivity index (χ1) is 9.82. The van der Waals surface area contributed by atoms with Gasteiger partial charge in [0.15, 0.2) is 21.3 Å². The number of carboxylic acids is 1. The van der Waals surface area contributed by atoms with Gasteiger partial charge >= 0.3 is 5.97 Å². The fraction of sp³-hybridized carbons (Fsp3) is 0.462. The van der Waals surface area contributed by atoms with E-state index < -0.39 is 32.4 Å². The average Bonchev–Trinajstić information content (AvgIpc) is 2.92. The molecule has 0 aromatic heterocycles. The zero-order chi connectivity index (χ0) is 15.4. The number of rotatable bonds is 4. The van der Waals surface area contributed by atoms with E-state index in [1.807, 2.05) is 0 Å². The fourth-order valence-corrected chi connectivity index (χ4v) is 5.12. The summed E-state index contributed by atoms with van der Waals surface area (Å²) in [5.74, 6) is -0.820. The van der Waals surface area contributed by atoms with Gasteiger partial charge in [0, 0.05) is 18.7 Å². The first kappa shape index (κ1) is 14.2. The Morgan fingerprint density at radius 2 is 2.10 bits per heavy atom. The van der Waals surface area contributed by atoms with Crippen molar-refractivity contribution in [3.63, 3.8) is 0 Å². The molecular formula is C13H15NO6S. The van der Waals surface area contributed by atoms with Crippen molar-refractivity contribution in [1.29, 1.82) is 0 Å². The molecule has 0 radical (unpaired) electrons. The van der Waals surface area contributed by atoms with Gasteiger partial charge in [-0.3, -0.25) is 4.79 Å². The number of hydrogen-bond donors (Lipinski definition) is 2. The van der Waals surface area contributed by atoms with E-state index in [-0.39, 0.29) is 13.3 Å². The van der Waals surface area contributed by atoms with Crippen LogP contribution in [0.25, 0.3) is 0 Å². The lowest BCUT2D eigenvalue weighted by Crippen LogP contribution is -2.31.